The fourth-order valence-electron chi connectivity index (χ4n) is 1.69. The Kier molecular flexibility index (Phi) is 5.28. The van der Waals surface area contributed by atoms with Gasteiger partial charge in [0.25, 0.3) is 0 Å². The first-order valence-corrected chi connectivity index (χ1v) is 6.21. The molecule has 0 bridgehead atoms. The average molecular weight is 202 g/mol. The zero-order valence-electron chi connectivity index (χ0n) is 8.25. The van der Waals surface area contributed by atoms with E-state index in [1.807, 2.05) is 6.92 Å². The topological polar surface area (TPSA) is 26.3 Å². The van der Waals surface area contributed by atoms with Crippen LogP contribution in [-0.4, -0.2) is 24.1 Å². The van der Waals surface area contributed by atoms with E-state index in [0.717, 1.165) is 11.7 Å². The number of carbonyl (C=O) groups excluding carboxylic acids is 1. The van der Waals surface area contributed by atoms with Crippen LogP contribution in [0.3, 0.4) is 0 Å². The van der Waals surface area contributed by atoms with Crippen molar-refractivity contribution < 1.29 is 9.53 Å². The van der Waals surface area contributed by atoms with Gasteiger partial charge in [-0.2, -0.15) is 0 Å². The third kappa shape index (κ3) is 4.55. The summed E-state index contributed by atoms with van der Waals surface area (Å²) in [6, 6.07) is 0. The van der Waals surface area contributed by atoms with Crippen molar-refractivity contribution in [3.05, 3.63) is 0 Å². The van der Waals surface area contributed by atoms with Crippen molar-refractivity contribution in [1.82, 2.24) is 0 Å². The van der Waals surface area contributed by atoms with Crippen LogP contribution in [-0.2, 0) is 9.53 Å². The quantitative estimate of drug-likeness (QED) is 0.641. The van der Waals surface area contributed by atoms with E-state index >= 15 is 0 Å². The van der Waals surface area contributed by atoms with Crippen molar-refractivity contribution >= 4 is 17.7 Å². The molecule has 0 aromatic rings. The number of rotatable bonds is 5. The van der Waals surface area contributed by atoms with E-state index in [2.05, 4.69) is 0 Å². The summed E-state index contributed by atoms with van der Waals surface area (Å²) >= 11 is 1.72. The fourth-order valence-corrected chi connectivity index (χ4v) is 2.72. The van der Waals surface area contributed by atoms with E-state index in [4.69, 9.17) is 4.74 Å². The number of esters is 1. The summed E-state index contributed by atoms with van der Waals surface area (Å²) in [6.45, 7) is 2.35. The summed E-state index contributed by atoms with van der Waals surface area (Å²) in [4.78, 5) is 11.0. The molecule has 3 heteroatoms. The molecule has 1 fully saturated rings. The minimum atomic E-state index is -0.0644. The number of hydrogen-bond donors (Lipinski definition) is 0. The molecule has 0 atom stereocenters. The van der Waals surface area contributed by atoms with Crippen LogP contribution in [0.5, 0.6) is 0 Å². The lowest BCUT2D eigenvalue weighted by Gasteiger charge is -2.07. The van der Waals surface area contributed by atoms with E-state index in [1.54, 1.807) is 11.8 Å². The normalized spacial score (nSPS) is 17.6. The van der Waals surface area contributed by atoms with Crippen molar-refractivity contribution in [1.29, 1.82) is 0 Å². The lowest BCUT2D eigenvalue weighted by atomic mass is 10.1. The maximum atomic E-state index is 11.0. The molecule has 0 unspecified atom stereocenters. The van der Waals surface area contributed by atoms with E-state index in [9.17, 15) is 4.79 Å². The highest BCUT2D eigenvalue weighted by molar-refractivity contribution is 7.99. The highest BCUT2D eigenvalue weighted by Gasteiger charge is 2.15. The fraction of sp³-hybridized carbons (Fsp3) is 0.900. The maximum absolute atomic E-state index is 11.0. The van der Waals surface area contributed by atoms with Crippen molar-refractivity contribution in [3.63, 3.8) is 0 Å². The zero-order chi connectivity index (χ0) is 9.52. The second kappa shape index (κ2) is 6.30. The molecular weight excluding hydrogens is 184 g/mol. The molecule has 0 aromatic heterocycles. The molecular formula is C10H18O2S. The number of thioether (sulfide) groups is 1. The van der Waals surface area contributed by atoms with E-state index in [-0.39, 0.29) is 5.97 Å². The van der Waals surface area contributed by atoms with Gasteiger partial charge in [-0.05, 0) is 31.4 Å². The lowest BCUT2D eigenvalue weighted by molar-refractivity contribution is -0.139. The highest BCUT2D eigenvalue weighted by atomic mass is 32.2. The highest BCUT2D eigenvalue weighted by Crippen LogP contribution is 2.27. The third-order valence-corrected chi connectivity index (χ3v) is 3.50. The molecule has 0 radical (unpaired) electrons. The Hall–Kier alpha value is -0.180. The molecule has 76 valence electrons. The van der Waals surface area contributed by atoms with Crippen molar-refractivity contribution in [3.8, 4) is 0 Å². The van der Waals surface area contributed by atoms with Gasteiger partial charge in [-0.25, -0.2) is 0 Å². The lowest BCUT2D eigenvalue weighted by Crippen LogP contribution is -2.08. The molecule has 2 nitrogen and oxygen atoms in total. The Morgan fingerprint density at radius 2 is 2.15 bits per heavy atom. The van der Waals surface area contributed by atoms with Crippen molar-refractivity contribution in [2.45, 2.75) is 32.6 Å². The third-order valence-electron chi connectivity index (χ3n) is 2.35. The van der Waals surface area contributed by atoms with Crippen LogP contribution >= 0.6 is 11.8 Å². The predicted octanol–water partition coefficient (Wildman–Crippen LogP) is 2.47. The maximum Gasteiger partial charge on any atom is 0.315 e. The van der Waals surface area contributed by atoms with Gasteiger partial charge in [-0.15, -0.1) is 11.8 Å². The smallest absolute Gasteiger partial charge is 0.315 e. The Bertz CT molecular complexity index is 153. The molecule has 0 saturated heterocycles. The Morgan fingerprint density at radius 1 is 1.46 bits per heavy atom. The van der Waals surface area contributed by atoms with Crippen LogP contribution in [0.15, 0.2) is 0 Å². The SMILES string of the molecule is CCOC(=O)CSCC1CCCC1. The molecule has 1 saturated carbocycles. The Morgan fingerprint density at radius 3 is 2.77 bits per heavy atom. The zero-order valence-corrected chi connectivity index (χ0v) is 9.07. The van der Waals surface area contributed by atoms with Crippen LogP contribution in [0.1, 0.15) is 32.6 Å². The standard InChI is InChI=1S/C10H18O2S/c1-2-12-10(11)8-13-7-9-5-3-4-6-9/h9H,2-8H2,1H3. The van der Waals surface area contributed by atoms with Gasteiger partial charge in [0.15, 0.2) is 0 Å². The first-order valence-electron chi connectivity index (χ1n) is 5.06. The number of hydrogen-bond acceptors (Lipinski definition) is 3. The first kappa shape index (κ1) is 10.9. The molecule has 1 aliphatic carbocycles. The summed E-state index contributed by atoms with van der Waals surface area (Å²) in [6.07, 6.45) is 5.47. The Labute approximate surface area is 84.4 Å². The molecule has 13 heavy (non-hydrogen) atoms. The summed E-state index contributed by atoms with van der Waals surface area (Å²) in [5.41, 5.74) is 0. The van der Waals surface area contributed by atoms with Gasteiger partial charge in [-0.3, -0.25) is 4.79 Å². The second-order valence-electron chi connectivity index (χ2n) is 3.47. The van der Waals surface area contributed by atoms with Crippen LogP contribution < -0.4 is 0 Å². The van der Waals surface area contributed by atoms with E-state index < -0.39 is 0 Å². The van der Waals surface area contributed by atoms with E-state index in [1.165, 1.54) is 25.7 Å². The van der Waals surface area contributed by atoms with Gasteiger partial charge < -0.3 is 4.74 Å². The minimum Gasteiger partial charge on any atom is -0.465 e. The molecule has 0 heterocycles. The van der Waals surface area contributed by atoms with Gasteiger partial charge in [0.05, 0.1) is 12.4 Å². The molecule has 1 aliphatic rings. The van der Waals surface area contributed by atoms with Gasteiger partial charge in [0, 0.05) is 0 Å². The monoisotopic (exact) mass is 202 g/mol. The average Bonchev–Trinajstić information content (AvgIpc) is 2.57. The first-order chi connectivity index (χ1) is 6.33. The van der Waals surface area contributed by atoms with Gasteiger partial charge >= 0.3 is 5.97 Å². The molecule has 0 aliphatic heterocycles. The molecule has 0 N–H and O–H groups in total. The van der Waals surface area contributed by atoms with Crippen LogP contribution in [0.25, 0.3) is 0 Å². The molecule has 0 spiro atoms. The van der Waals surface area contributed by atoms with Gasteiger partial charge in [-0.1, -0.05) is 12.8 Å². The predicted molar refractivity (Wildman–Crippen MR) is 55.9 cm³/mol. The van der Waals surface area contributed by atoms with Gasteiger partial charge in [0.2, 0.25) is 0 Å². The summed E-state index contributed by atoms with van der Waals surface area (Å²) in [5.74, 6) is 2.47. The summed E-state index contributed by atoms with van der Waals surface area (Å²) in [7, 11) is 0. The van der Waals surface area contributed by atoms with Crippen LogP contribution in [0, 0.1) is 5.92 Å². The minimum absolute atomic E-state index is 0.0644. The largest absolute Gasteiger partial charge is 0.465 e. The summed E-state index contributed by atoms with van der Waals surface area (Å²) in [5, 5.41) is 0. The molecule has 0 aromatic carbocycles. The Balaban J connectivity index is 1.96. The molecule has 0 amide bonds. The van der Waals surface area contributed by atoms with Crippen LogP contribution in [0.2, 0.25) is 0 Å². The summed E-state index contributed by atoms with van der Waals surface area (Å²) < 4.78 is 4.85. The van der Waals surface area contributed by atoms with Gasteiger partial charge in [0.1, 0.15) is 0 Å². The number of ether oxygens (including phenoxy) is 1. The van der Waals surface area contributed by atoms with E-state index in [0.29, 0.717) is 12.4 Å². The second-order valence-corrected chi connectivity index (χ2v) is 4.50. The van der Waals surface area contributed by atoms with Crippen molar-refractivity contribution in [2.24, 2.45) is 5.92 Å². The van der Waals surface area contributed by atoms with Crippen molar-refractivity contribution in [2.75, 3.05) is 18.1 Å². The number of carbonyl (C=O) groups is 1. The van der Waals surface area contributed by atoms with Crippen LogP contribution in [0.4, 0.5) is 0 Å². The molecule has 1 rings (SSSR count).